The molecule has 8 heteroatoms. The Hall–Kier alpha value is -2.09. The van der Waals surface area contributed by atoms with Crippen LogP contribution in [0.3, 0.4) is 0 Å². The fourth-order valence-electron chi connectivity index (χ4n) is 3.26. The first-order valence-corrected chi connectivity index (χ1v) is 11.0. The molecule has 0 aliphatic carbocycles. The van der Waals surface area contributed by atoms with E-state index in [0.717, 1.165) is 69.9 Å². The van der Waals surface area contributed by atoms with Crippen molar-refractivity contribution in [3.8, 4) is 0 Å². The number of halogens is 3. The molecule has 0 bridgehead atoms. The number of aryl methyl sites for hydroxylation is 1. The molecular formula is C23H34F3NO4. The van der Waals surface area contributed by atoms with Crippen molar-refractivity contribution in [3.63, 3.8) is 0 Å². The molecule has 1 rings (SSSR count). The Bertz CT molecular complexity index is 647. The fourth-order valence-corrected chi connectivity index (χ4v) is 3.26. The van der Waals surface area contributed by atoms with Crippen LogP contribution in [0.4, 0.5) is 13.2 Å². The highest BCUT2D eigenvalue weighted by atomic mass is 19.4. The number of carboxylic acids is 1. The van der Waals surface area contributed by atoms with Crippen molar-refractivity contribution < 1.29 is 33.0 Å². The van der Waals surface area contributed by atoms with E-state index in [4.69, 9.17) is 5.11 Å². The van der Waals surface area contributed by atoms with Gasteiger partial charge in [0, 0.05) is 13.0 Å². The maximum Gasteiger partial charge on any atom is 0.416 e. The van der Waals surface area contributed by atoms with E-state index in [1.165, 1.54) is 12.1 Å². The second-order valence-corrected chi connectivity index (χ2v) is 7.87. The summed E-state index contributed by atoms with van der Waals surface area (Å²) in [6.07, 6.45) is 4.18. The number of aliphatic hydroxyl groups excluding tert-OH is 1. The van der Waals surface area contributed by atoms with Crippen LogP contribution in [0.2, 0.25) is 0 Å². The second kappa shape index (κ2) is 14.8. The highest BCUT2D eigenvalue weighted by Gasteiger charge is 2.29. The monoisotopic (exact) mass is 445 g/mol. The summed E-state index contributed by atoms with van der Waals surface area (Å²) in [5.74, 6) is -1.19. The van der Waals surface area contributed by atoms with Gasteiger partial charge in [0.1, 0.15) is 6.10 Å². The highest BCUT2D eigenvalue weighted by Crippen LogP contribution is 2.29. The zero-order chi connectivity index (χ0) is 23.1. The van der Waals surface area contributed by atoms with E-state index < -0.39 is 29.7 Å². The summed E-state index contributed by atoms with van der Waals surface area (Å²) in [5, 5.41) is 21.2. The molecular weight excluding hydrogens is 411 g/mol. The van der Waals surface area contributed by atoms with E-state index in [1.54, 1.807) is 0 Å². The lowest BCUT2D eigenvalue weighted by Gasteiger charge is -2.12. The average molecular weight is 446 g/mol. The average Bonchev–Trinajstić information content (AvgIpc) is 2.72. The van der Waals surface area contributed by atoms with Gasteiger partial charge in [0.05, 0.1) is 5.56 Å². The number of carbonyl (C=O) groups is 2. The molecule has 3 N–H and O–H groups in total. The molecule has 176 valence electrons. The molecule has 1 unspecified atom stereocenters. The van der Waals surface area contributed by atoms with Crippen molar-refractivity contribution in [1.82, 2.24) is 5.32 Å². The number of aliphatic hydroxyl groups is 1. The zero-order valence-corrected chi connectivity index (χ0v) is 17.9. The van der Waals surface area contributed by atoms with Crippen molar-refractivity contribution >= 4 is 11.9 Å². The van der Waals surface area contributed by atoms with Gasteiger partial charge in [0.2, 0.25) is 5.91 Å². The van der Waals surface area contributed by atoms with Gasteiger partial charge in [-0.2, -0.15) is 13.2 Å². The van der Waals surface area contributed by atoms with E-state index in [2.05, 4.69) is 5.32 Å². The van der Waals surface area contributed by atoms with Crippen LogP contribution in [0.5, 0.6) is 0 Å². The van der Waals surface area contributed by atoms with Crippen molar-refractivity contribution in [2.75, 3.05) is 6.54 Å². The molecule has 0 saturated carbocycles. The number of hydrogen-bond acceptors (Lipinski definition) is 3. The summed E-state index contributed by atoms with van der Waals surface area (Å²) in [5.41, 5.74) is -0.0768. The van der Waals surface area contributed by atoms with Crippen LogP contribution in [0, 0.1) is 0 Å². The molecule has 0 spiro atoms. The molecule has 0 fully saturated rings. The van der Waals surface area contributed by atoms with Crippen LogP contribution in [0.15, 0.2) is 24.3 Å². The van der Waals surface area contributed by atoms with Crippen LogP contribution in [-0.4, -0.2) is 34.7 Å². The third kappa shape index (κ3) is 13.0. The number of hydrogen-bond donors (Lipinski definition) is 3. The molecule has 31 heavy (non-hydrogen) atoms. The maximum atomic E-state index is 12.5. The minimum Gasteiger partial charge on any atom is -0.481 e. The Kier molecular flexibility index (Phi) is 12.9. The van der Waals surface area contributed by atoms with Crippen molar-refractivity contribution in [2.45, 2.75) is 89.3 Å². The minimum absolute atomic E-state index is 0.156. The number of carboxylic acid groups (broad SMARTS) is 1. The topological polar surface area (TPSA) is 86.6 Å². The lowest BCUT2D eigenvalue weighted by atomic mass is 10.0. The Morgan fingerprint density at radius 1 is 0.871 bits per heavy atom. The first kappa shape index (κ1) is 26.9. The normalized spacial score (nSPS) is 12.5. The van der Waals surface area contributed by atoms with Crippen LogP contribution >= 0.6 is 0 Å². The summed E-state index contributed by atoms with van der Waals surface area (Å²) < 4.78 is 37.6. The molecule has 0 aromatic heterocycles. The first-order valence-electron chi connectivity index (χ1n) is 11.0. The van der Waals surface area contributed by atoms with Crippen LogP contribution < -0.4 is 5.32 Å². The highest BCUT2D eigenvalue weighted by molar-refractivity contribution is 5.80. The molecule has 1 aromatic rings. The Morgan fingerprint density at radius 2 is 1.39 bits per heavy atom. The van der Waals surface area contributed by atoms with Gasteiger partial charge >= 0.3 is 12.1 Å². The van der Waals surface area contributed by atoms with Crippen molar-refractivity contribution in [3.05, 3.63) is 35.4 Å². The number of unbranched alkanes of at least 4 members (excludes halogenated alkanes) is 8. The number of rotatable bonds is 16. The predicted octanol–water partition coefficient (Wildman–Crippen LogP) is 5.10. The van der Waals surface area contributed by atoms with Gasteiger partial charge in [-0.25, -0.2) is 0 Å². The molecule has 1 amide bonds. The van der Waals surface area contributed by atoms with E-state index in [-0.39, 0.29) is 12.8 Å². The van der Waals surface area contributed by atoms with Gasteiger partial charge in [0.25, 0.3) is 0 Å². The summed E-state index contributed by atoms with van der Waals surface area (Å²) in [7, 11) is 0. The van der Waals surface area contributed by atoms with Gasteiger partial charge in [-0.15, -0.1) is 0 Å². The van der Waals surface area contributed by atoms with E-state index >= 15 is 0 Å². The molecule has 0 aliphatic rings. The van der Waals surface area contributed by atoms with Gasteiger partial charge in [0.15, 0.2) is 0 Å². The molecule has 0 saturated heterocycles. The number of benzene rings is 1. The second-order valence-electron chi connectivity index (χ2n) is 7.87. The molecule has 0 heterocycles. The molecule has 0 aliphatic heterocycles. The molecule has 1 aromatic carbocycles. The first-order chi connectivity index (χ1) is 14.7. The minimum atomic E-state index is -4.37. The number of nitrogens with one attached hydrogen (secondary N) is 1. The van der Waals surface area contributed by atoms with E-state index in [1.807, 2.05) is 0 Å². The number of carbonyl (C=O) groups excluding carboxylic acids is 1. The lowest BCUT2D eigenvalue weighted by Crippen LogP contribution is -2.35. The van der Waals surface area contributed by atoms with Gasteiger partial charge in [-0.1, -0.05) is 57.1 Å². The molecule has 5 nitrogen and oxygen atoms in total. The van der Waals surface area contributed by atoms with Crippen molar-refractivity contribution in [2.24, 2.45) is 0 Å². The summed E-state index contributed by atoms with van der Waals surface area (Å²) in [6.45, 7) is 0.491. The summed E-state index contributed by atoms with van der Waals surface area (Å²) in [4.78, 5) is 22.3. The zero-order valence-electron chi connectivity index (χ0n) is 17.9. The van der Waals surface area contributed by atoms with Gasteiger partial charge in [-0.05, 0) is 43.4 Å². The Morgan fingerprint density at radius 3 is 1.90 bits per heavy atom. The largest absolute Gasteiger partial charge is 0.481 e. The van der Waals surface area contributed by atoms with Crippen LogP contribution in [0.1, 0.15) is 81.8 Å². The predicted molar refractivity (Wildman–Crippen MR) is 113 cm³/mol. The third-order valence-electron chi connectivity index (χ3n) is 5.16. The Labute approximate surface area is 182 Å². The number of alkyl halides is 3. The third-order valence-corrected chi connectivity index (χ3v) is 5.16. The van der Waals surface area contributed by atoms with Crippen LogP contribution in [0.25, 0.3) is 0 Å². The van der Waals surface area contributed by atoms with Crippen molar-refractivity contribution in [1.29, 1.82) is 0 Å². The summed E-state index contributed by atoms with van der Waals surface area (Å²) >= 11 is 0. The van der Waals surface area contributed by atoms with Crippen LogP contribution in [-0.2, 0) is 22.2 Å². The Balaban J connectivity index is 2.02. The number of aliphatic carboxylic acids is 1. The maximum absolute atomic E-state index is 12.5. The summed E-state index contributed by atoms with van der Waals surface area (Å²) in [6, 6.07) is 4.73. The van der Waals surface area contributed by atoms with Gasteiger partial charge in [-0.3, -0.25) is 9.59 Å². The standard InChI is InChI=1S/C23H34F3NO4/c24-23(25,26)19-14-11-18(12-15-19)13-16-20(28)22(31)27-17-9-7-5-3-1-2-4-6-8-10-21(29)30/h11-12,14-15,20,28H,1-10,13,16-17H2,(H,27,31)(H,29,30). The smallest absolute Gasteiger partial charge is 0.416 e. The SMILES string of the molecule is O=C(O)CCCCCCCCCCCNC(=O)C(O)CCc1ccc(C(F)(F)F)cc1. The lowest BCUT2D eigenvalue weighted by molar-refractivity contribution is -0.138. The fraction of sp³-hybridized carbons (Fsp3) is 0.652. The van der Waals surface area contributed by atoms with Gasteiger partial charge < -0.3 is 15.5 Å². The quantitative estimate of drug-likeness (QED) is 0.309. The van der Waals surface area contributed by atoms with E-state index in [0.29, 0.717) is 18.5 Å². The molecule has 0 radical (unpaired) electrons. The molecule has 1 atom stereocenters. The number of amides is 1. The van der Waals surface area contributed by atoms with E-state index in [9.17, 15) is 27.9 Å².